The van der Waals surface area contributed by atoms with Crippen LogP contribution in [0.5, 0.6) is 0 Å². The normalized spacial score (nSPS) is 12.9. The van der Waals surface area contributed by atoms with Gasteiger partial charge < -0.3 is 0 Å². The molecule has 25 heavy (non-hydrogen) atoms. The number of nitrogens with one attached hydrogen (secondary N) is 1. The van der Waals surface area contributed by atoms with Gasteiger partial charge in [0.05, 0.1) is 10.6 Å². The van der Waals surface area contributed by atoms with E-state index in [9.17, 15) is 8.42 Å². The Morgan fingerprint density at radius 3 is 1.88 bits per heavy atom. The van der Waals surface area contributed by atoms with Crippen LogP contribution in [0, 0.1) is 34.6 Å². The van der Waals surface area contributed by atoms with Crippen molar-refractivity contribution < 1.29 is 8.42 Å². The lowest BCUT2D eigenvalue weighted by molar-refractivity contribution is 0.599. The minimum atomic E-state index is -3.65. The van der Waals surface area contributed by atoms with Gasteiger partial charge in [-0.05, 0) is 86.4 Å². The zero-order valence-corrected chi connectivity index (χ0v) is 17.1. The molecule has 2 rings (SSSR count). The largest absolute Gasteiger partial charge is 0.279 e. The highest BCUT2D eigenvalue weighted by atomic mass is 32.2. The fourth-order valence-corrected chi connectivity index (χ4v) is 4.99. The molecule has 0 saturated heterocycles. The molecule has 1 atom stereocenters. The molecule has 136 valence electrons. The molecule has 0 aliphatic rings. The highest BCUT2D eigenvalue weighted by Crippen LogP contribution is 2.33. The standard InChI is InChI=1S/C21H29NO2S/c1-8-13(2)19-11-9-10-12-20(19)22-25(23,24)21-17(6)15(4)14(3)16(5)18(21)7/h9-13,22H,8H2,1-7H3. The lowest BCUT2D eigenvalue weighted by atomic mass is 9.95. The van der Waals surface area contributed by atoms with Crippen molar-refractivity contribution >= 4 is 15.7 Å². The summed E-state index contributed by atoms with van der Waals surface area (Å²) in [5, 5.41) is 0. The first-order valence-electron chi connectivity index (χ1n) is 8.80. The predicted molar refractivity (Wildman–Crippen MR) is 106 cm³/mol. The SMILES string of the molecule is CCC(C)c1ccccc1NS(=O)(=O)c1c(C)c(C)c(C)c(C)c1C. The Morgan fingerprint density at radius 2 is 1.36 bits per heavy atom. The summed E-state index contributed by atoms with van der Waals surface area (Å²) in [6.07, 6.45) is 0.958. The molecule has 0 aliphatic heterocycles. The summed E-state index contributed by atoms with van der Waals surface area (Å²) >= 11 is 0. The van der Waals surface area contributed by atoms with Gasteiger partial charge in [0, 0.05) is 0 Å². The molecule has 0 spiro atoms. The van der Waals surface area contributed by atoms with E-state index in [-0.39, 0.29) is 0 Å². The Hall–Kier alpha value is -1.81. The van der Waals surface area contributed by atoms with Gasteiger partial charge in [-0.2, -0.15) is 0 Å². The van der Waals surface area contributed by atoms with Crippen molar-refractivity contribution in [1.82, 2.24) is 0 Å². The van der Waals surface area contributed by atoms with E-state index in [1.54, 1.807) is 0 Å². The summed E-state index contributed by atoms with van der Waals surface area (Å²) in [5.74, 6) is 0.294. The summed E-state index contributed by atoms with van der Waals surface area (Å²) in [5.41, 5.74) is 6.60. The van der Waals surface area contributed by atoms with E-state index in [0.717, 1.165) is 39.8 Å². The van der Waals surface area contributed by atoms with E-state index in [1.165, 1.54) is 0 Å². The van der Waals surface area contributed by atoms with Gasteiger partial charge in [-0.3, -0.25) is 4.72 Å². The van der Waals surface area contributed by atoms with E-state index in [1.807, 2.05) is 58.9 Å². The minimum Gasteiger partial charge on any atom is -0.279 e. The van der Waals surface area contributed by atoms with Crippen LogP contribution in [0.1, 0.15) is 59.6 Å². The van der Waals surface area contributed by atoms with Gasteiger partial charge in [0.1, 0.15) is 0 Å². The van der Waals surface area contributed by atoms with Crippen molar-refractivity contribution in [3.63, 3.8) is 0 Å². The summed E-state index contributed by atoms with van der Waals surface area (Å²) in [6.45, 7) is 14.0. The summed E-state index contributed by atoms with van der Waals surface area (Å²) in [7, 11) is -3.65. The fourth-order valence-electron chi connectivity index (χ4n) is 3.30. The molecule has 0 saturated carbocycles. The van der Waals surface area contributed by atoms with Gasteiger partial charge in [-0.1, -0.05) is 32.0 Å². The number of hydrogen-bond donors (Lipinski definition) is 1. The molecular weight excluding hydrogens is 330 g/mol. The zero-order chi connectivity index (χ0) is 18.9. The molecule has 0 aromatic heterocycles. The second-order valence-corrected chi connectivity index (χ2v) is 8.58. The van der Waals surface area contributed by atoms with E-state index in [0.29, 0.717) is 16.5 Å². The summed E-state index contributed by atoms with van der Waals surface area (Å²) < 4.78 is 29.3. The van der Waals surface area contributed by atoms with Crippen LogP contribution in [0.15, 0.2) is 29.2 Å². The Labute approximate surface area is 152 Å². The van der Waals surface area contributed by atoms with Crippen LogP contribution in [0.2, 0.25) is 0 Å². The highest BCUT2D eigenvalue weighted by Gasteiger charge is 2.24. The van der Waals surface area contributed by atoms with Crippen molar-refractivity contribution in [2.45, 2.75) is 65.7 Å². The molecule has 0 aliphatic carbocycles. The van der Waals surface area contributed by atoms with Gasteiger partial charge >= 0.3 is 0 Å². The molecule has 1 N–H and O–H groups in total. The van der Waals surface area contributed by atoms with Gasteiger partial charge in [0.2, 0.25) is 0 Å². The lowest BCUT2D eigenvalue weighted by Gasteiger charge is -2.21. The predicted octanol–water partition coefficient (Wildman–Crippen LogP) is 5.54. The van der Waals surface area contributed by atoms with E-state index < -0.39 is 10.0 Å². The third-order valence-electron chi connectivity index (χ3n) is 5.55. The molecule has 0 fully saturated rings. The van der Waals surface area contributed by atoms with E-state index in [2.05, 4.69) is 18.6 Å². The Bertz CT molecular complexity index is 869. The van der Waals surface area contributed by atoms with Crippen molar-refractivity contribution in [2.75, 3.05) is 4.72 Å². The maximum atomic E-state index is 13.2. The number of sulfonamides is 1. The van der Waals surface area contributed by atoms with Crippen LogP contribution in [0.4, 0.5) is 5.69 Å². The zero-order valence-electron chi connectivity index (χ0n) is 16.3. The van der Waals surface area contributed by atoms with Gasteiger partial charge in [0.15, 0.2) is 0 Å². The van der Waals surface area contributed by atoms with Crippen LogP contribution in [0.25, 0.3) is 0 Å². The van der Waals surface area contributed by atoms with E-state index >= 15 is 0 Å². The van der Waals surface area contributed by atoms with Crippen molar-refractivity contribution in [3.05, 3.63) is 57.6 Å². The Kier molecular flexibility index (Phi) is 5.62. The molecule has 3 nitrogen and oxygen atoms in total. The number of hydrogen-bond acceptors (Lipinski definition) is 2. The number of benzene rings is 2. The van der Waals surface area contributed by atoms with Crippen LogP contribution in [-0.4, -0.2) is 8.42 Å². The molecular formula is C21H29NO2S. The smallest absolute Gasteiger partial charge is 0.262 e. The molecule has 1 unspecified atom stereocenters. The van der Waals surface area contributed by atoms with Crippen LogP contribution >= 0.6 is 0 Å². The number of anilines is 1. The number of rotatable bonds is 5. The van der Waals surface area contributed by atoms with Gasteiger partial charge in [0.25, 0.3) is 10.0 Å². The van der Waals surface area contributed by atoms with Crippen LogP contribution in [0.3, 0.4) is 0 Å². The summed E-state index contributed by atoms with van der Waals surface area (Å²) in [6, 6.07) is 7.67. The van der Waals surface area contributed by atoms with E-state index in [4.69, 9.17) is 0 Å². The van der Waals surface area contributed by atoms with Gasteiger partial charge in [-0.25, -0.2) is 8.42 Å². The topological polar surface area (TPSA) is 46.2 Å². The first kappa shape index (κ1) is 19.5. The second kappa shape index (κ2) is 7.20. The maximum absolute atomic E-state index is 13.2. The molecule has 0 heterocycles. The molecule has 0 bridgehead atoms. The maximum Gasteiger partial charge on any atom is 0.262 e. The minimum absolute atomic E-state index is 0.294. The first-order chi connectivity index (χ1) is 11.6. The van der Waals surface area contributed by atoms with Crippen molar-refractivity contribution in [3.8, 4) is 0 Å². The average Bonchev–Trinajstić information content (AvgIpc) is 2.57. The van der Waals surface area contributed by atoms with Crippen molar-refractivity contribution in [2.24, 2.45) is 0 Å². The first-order valence-corrected chi connectivity index (χ1v) is 10.3. The van der Waals surface area contributed by atoms with Gasteiger partial charge in [-0.15, -0.1) is 0 Å². The Balaban J connectivity index is 2.60. The Morgan fingerprint density at radius 1 is 0.880 bits per heavy atom. The highest BCUT2D eigenvalue weighted by molar-refractivity contribution is 7.92. The summed E-state index contributed by atoms with van der Waals surface area (Å²) in [4.78, 5) is 0.409. The molecule has 2 aromatic carbocycles. The third kappa shape index (κ3) is 3.59. The monoisotopic (exact) mass is 359 g/mol. The van der Waals surface area contributed by atoms with Crippen LogP contribution < -0.4 is 4.72 Å². The van der Waals surface area contributed by atoms with Crippen molar-refractivity contribution in [1.29, 1.82) is 0 Å². The fraction of sp³-hybridized carbons (Fsp3) is 0.429. The third-order valence-corrected chi connectivity index (χ3v) is 7.19. The quantitative estimate of drug-likeness (QED) is 0.761. The van der Waals surface area contributed by atoms with Crippen LogP contribution in [-0.2, 0) is 10.0 Å². The second-order valence-electron chi connectivity index (χ2n) is 6.96. The number of para-hydroxylation sites is 1. The average molecular weight is 360 g/mol. The molecule has 0 radical (unpaired) electrons. The lowest BCUT2D eigenvalue weighted by Crippen LogP contribution is -2.18. The molecule has 2 aromatic rings. The molecule has 4 heteroatoms. The molecule has 0 amide bonds.